The minimum Gasteiger partial charge on any atom is -0.396 e. The first-order valence-electron chi connectivity index (χ1n) is 5.32. The molecule has 0 saturated heterocycles. The summed E-state index contributed by atoms with van der Waals surface area (Å²) < 4.78 is 0. The second kappa shape index (κ2) is 6.35. The van der Waals surface area contributed by atoms with Crippen molar-refractivity contribution in [1.29, 1.82) is 0 Å². The first kappa shape index (κ1) is 11.0. The minimum atomic E-state index is -0.0709. The fraction of sp³-hybridized carbons (Fsp3) is 1.00. The van der Waals surface area contributed by atoms with Gasteiger partial charge in [-0.25, -0.2) is 0 Å². The molecular weight excluding hydrogens is 166 g/mol. The number of aliphatic hydroxyl groups excluding tert-OH is 2. The molecule has 2 atom stereocenters. The highest BCUT2D eigenvalue weighted by molar-refractivity contribution is 4.73. The molecule has 0 spiro atoms. The molecule has 0 amide bonds. The molecule has 3 heteroatoms. The molecule has 0 radical (unpaired) electrons. The van der Waals surface area contributed by atoms with Crippen LogP contribution in [-0.4, -0.2) is 36.0 Å². The standard InChI is InChI=1S/C10H21NO2/c12-6-2-5-11-8-9-3-1-4-10(13)7-9/h9-13H,1-8H2. The van der Waals surface area contributed by atoms with Crippen LogP contribution in [0.25, 0.3) is 0 Å². The van der Waals surface area contributed by atoms with Gasteiger partial charge in [0.25, 0.3) is 0 Å². The molecule has 0 aromatic rings. The Hall–Kier alpha value is -0.120. The van der Waals surface area contributed by atoms with E-state index in [1.807, 2.05) is 0 Å². The predicted molar refractivity (Wildman–Crippen MR) is 52.5 cm³/mol. The summed E-state index contributed by atoms with van der Waals surface area (Å²) in [4.78, 5) is 0. The maximum atomic E-state index is 9.41. The molecule has 3 nitrogen and oxygen atoms in total. The molecule has 0 aromatic carbocycles. The van der Waals surface area contributed by atoms with Gasteiger partial charge in [-0.3, -0.25) is 0 Å². The molecule has 0 heterocycles. The molecule has 2 unspecified atom stereocenters. The summed E-state index contributed by atoms with van der Waals surface area (Å²) in [5.74, 6) is 0.641. The van der Waals surface area contributed by atoms with Crippen molar-refractivity contribution >= 4 is 0 Å². The second-order valence-corrected chi connectivity index (χ2v) is 3.97. The van der Waals surface area contributed by atoms with Crippen molar-refractivity contribution in [2.24, 2.45) is 5.92 Å². The molecule has 13 heavy (non-hydrogen) atoms. The Morgan fingerprint density at radius 1 is 1.31 bits per heavy atom. The second-order valence-electron chi connectivity index (χ2n) is 3.97. The van der Waals surface area contributed by atoms with E-state index < -0.39 is 0 Å². The average Bonchev–Trinajstić information content (AvgIpc) is 2.13. The number of hydrogen-bond acceptors (Lipinski definition) is 3. The van der Waals surface area contributed by atoms with Crippen LogP contribution in [0.15, 0.2) is 0 Å². The summed E-state index contributed by atoms with van der Waals surface area (Å²) in [6, 6.07) is 0. The molecule has 0 aromatic heterocycles. The fourth-order valence-electron chi connectivity index (χ4n) is 1.96. The van der Waals surface area contributed by atoms with E-state index >= 15 is 0 Å². The van der Waals surface area contributed by atoms with Gasteiger partial charge >= 0.3 is 0 Å². The van der Waals surface area contributed by atoms with Crippen LogP contribution >= 0.6 is 0 Å². The number of aliphatic hydroxyl groups is 2. The van der Waals surface area contributed by atoms with E-state index in [1.165, 1.54) is 6.42 Å². The van der Waals surface area contributed by atoms with Gasteiger partial charge < -0.3 is 15.5 Å². The van der Waals surface area contributed by atoms with Crippen LogP contribution in [0.3, 0.4) is 0 Å². The quantitative estimate of drug-likeness (QED) is 0.550. The van der Waals surface area contributed by atoms with E-state index in [4.69, 9.17) is 5.11 Å². The van der Waals surface area contributed by atoms with Crippen molar-refractivity contribution in [2.45, 2.75) is 38.2 Å². The van der Waals surface area contributed by atoms with Crippen molar-refractivity contribution in [1.82, 2.24) is 5.32 Å². The van der Waals surface area contributed by atoms with Crippen molar-refractivity contribution in [3.05, 3.63) is 0 Å². The van der Waals surface area contributed by atoms with E-state index in [0.29, 0.717) is 5.92 Å². The van der Waals surface area contributed by atoms with Gasteiger partial charge in [0, 0.05) is 6.61 Å². The SMILES string of the molecule is OCCCNCC1CCCC(O)C1. The summed E-state index contributed by atoms with van der Waals surface area (Å²) in [6.45, 7) is 2.15. The van der Waals surface area contributed by atoms with Crippen LogP contribution in [0.2, 0.25) is 0 Å². The van der Waals surface area contributed by atoms with Gasteiger partial charge in [-0.05, 0) is 44.7 Å². The van der Waals surface area contributed by atoms with E-state index in [0.717, 1.165) is 38.8 Å². The van der Waals surface area contributed by atoms with Crippen LogP contribution in [0, 0.1) is 5.92 Å². The molecular formula is C10H21NO2. The summed E-state index contributed by atoms with van der Waals surface area (Å²) >= 11 is 0. The Labute approximate surface area is 80.2 Å². The van der Waals surface area contributed by atoms with E-state index in [9.17, 15) is 5.11 Å². The lowest BCUT2D eigenvalue weighted by atomic mass is 9.87. The molecule has 3 N–H and O–H groups in total. The highest BCUT2D eigenvalue weighted by Crippen LogP contribution is 2.23. The van der Waals surface area contributed by atoms with E-state index in [1.54, 1.807) is 0 Å². The highest BCUT2D eigenvalue weighted by Gasteiger charge is 2.19. The number of nitrogens with one attached hydrogen (secondary N) is 1. The van der Waals surface area contributed by atoms with Gasteiger partial charge in [-0.15, -0.1) is 0 Å². The molecule has 1 aliphatic carbocycles. The fourth-order valence-corrected chi connectivity index (χ4v) is 1.96. The third kappa shape index (κ3) is 4.60. The van der Waals surface area contributed by atoms with Crippen molar-refractivity contribution in [2.75, 3.05) is 19.7 Å². The highest BCUT2D eigenvalue weighted by atomic mass is 16.3. The lowest BCUT2D eigenvalue weighted by Crippen LogP contribution is -2.29. The summed E-state index contributed by atoms with van der Waals surface area (Å²) in [5.41, 5.74) is 0. The zero-order valence-corrected chi connectivity index (χ0v) is 8.21. The summed E-state index contributed by atoms with van der Waals surface area (Å²) in [7, 11) is 0. The Balaban J connectivity index is 2.00. The Morgan fingerprint density at radius 3 is 2.85 bits per heavy atom. The maximum absolute atomic E-state index is 9.41. The summed E-state index contributed by atoms with van der Waals surface area (Å²) in [5, 5.41) is 21.3. The van der Waals surface area contributed by atoms with Crippen LogP contribution < -0.4 is 5.32 Å². The van der Waals surface area contributed by atoms with Crippen LogP contribution in [-0.2, 0) is 0 Å². The van der Waals surface area contributed by atoms with Gasteiger partial charge in [0.05, 0.1) is 6.10 Å². The Morgan fingerprint density at radius 2 is 2.15 bits per heavy atom. The largest absolute Gasteiger partial charge is 0.396 e. The molecule has 78 valence electrons. The first-order chi connectivity index (χ1) is 6.33. The van der Waals surface area contributed by atoms with Crippen molar-refractivity contribution < 1.29 is 10.2 Å². The Bertz CT molecular complexity index is 130. The molecule has 0 bridgehead atoms. The smallest absolute Gasteiger partial charge is 0.0543 e. The Kier molecular flexibility index (Phi) is 5.35. The zero-order valence-electron chi connectivity index (χ0n) is 8.21. The van der Waals surface area contributed by atoms with Crippen LogP contribution in [0.1, 0.15) is 32.1 Å². The van der Waals surface area contributed by atoms with Crippen molar-refractivity contribution in [3.63, 3.8) is 0 Å². The molecule has 1 fully saturated rings. The van der Waals surface area contributed by atoms with E-state index in [2.05, 4.69) is 5.32 Å². The van der Waals surface area contributed by atoms with Gasteiger partial charge in [-0.1, -0.05) is 6.42 Å². The summed E-state index contributed by atoms with van der Waals surface area (Å²) in [6.07, 6.45) is 5.09. The normalized spacial score (nSPS) is 29.1. The third-order valence-corrected chi connectivity index (χ3v) is 2.70. The van der Waals surface area contributed by atoms with Gasteiger partial charge in [0.2, 0.25) is 0 Å². The lowest BCUT2D eigenvalue weighted by Gasteiger charge is -2.25. The lowest BCUT2D eigenvalue weighted by molar-refractivity contribution is 0.100. The number of rotatable bonds is 5. The van der Waals surface area contributed by atoms with Gasteiger partial charge in [-0.2, -0.15) is 0 Å². The zero-order chi connectivity index (χ0) is 9.52. The van der Waals surface area contributed by atoms with Crippen LogP contribution in [0.4, 0.5) is 0 Å². The van der Waals surface area contributed by atoms with Crippen molar-refractivity contribution in [3.8, 4) is 0 Å². The topological polar surface area (TPSA) is 52.5 Å². The predicted octanol–water partition coefficient (Wildman–Crippen LogP) is 0.509. The average molecular weight is 187 g/mol. The van der Waals surface area contributed by atoms with Gasteiger partial charge in [0.15, 0.2) is 0 Å². The number of hydrogen-bond donors (Lipinski definition) is 3. The third-order valence-electron chi connectivity index (χ3n) is 2.70. The minimum absolute atomic E-state index is 0.0709. The maximum Gasteiger partial charge on any atom is 0.0543 e. The van der Waals surface area contributed by atoms with Gasteiger partial charge in [0.1, 0.15) is 0 Å². The van der Waals surface area contributed by atoms with Crippen LogP contribution in [0.5, 0.6) is 0 Å². The van der Waals surface area contributed by atoms with E-state index in [-0.39, 0.29) is 12.7 Å². The molecule has 1 rings (SSSR count). The molecule has 1 saturated carbocycles. The molecule has 0 aliphatic heterocycles. The monoisotopic (exact) mass is 187 g/mol. The first-order valence-corrected chi connectivity index (χ1v) is 5.32. The molecule has 1 aliphatic rings.